The first-order valence-electron chi connectivity index (χ1n) is 3.77. The van der Waals surface area contributed by atoms with Crippen LogP contribution >= 0.6 is 22.6 Å². The first kappa shape index (κ1) is 9.95. The fourth-order valence-corrected chi connectivity index (χ4v) is 1.62. The Bertz CT molecular complexity index is 275. The van der Waals surface area contributed by atoms with Crippen molar-refractivity contribution < 1.29 is 5.11 Å². The molecule has 1 aromatic carbocycles. The molecular weight excluding hydrogens is 265 g/mol. The van der Waals surface area contributed by atoms with Gasteiger partial charge >= 0.3 is 0 Å². The zero-order valence-electron chi connectivity index (χ0n) is 6.92. The number of rotatable bonds is 2. The lowest BCUT2D eigenvalue weighted by molar-refractivity contribution is 0.267. The van der Waals surface area contributed by atoms with Crippen LogP contribution in [0.1, 0.15) is 17.2 Å². The summed E-state index contributed by atoms with van der Waals surface area (Å²) in [5.41, 5.74) is 7.88. The molecule has 0 fully saturated rings. The maximum absolute atomic E-state index is 8.88. The van der Waals surface area contributed by atoms with Gasteiger partial charge in [0.25, 0.3) is 0 Å². The number of benzene rings is 1. The summed E-state index contributed by atoms with van der Waals surface area (Å²) in [4.78, 5) is 0. The lowest BCUT2D eigenvalue weighted by Gasteiger charge is -2.11. The quantitative estimate of drug-likeness (QED) is 0.806. The normalized spacial score (nSPS) is 13.0. The molecule has 0 unspecified atom stereocenters. The standard InChI is InChI=1S/C9H12INO/c1-6-2-3-7(10)4-8(6)9(11)5-12/h2-4,9,12H,5,11H2,1H3/t9-/m1/s1. The van der Waals surface area contributed by atoms with Crippen LogP contribution in [0.4, 0.5) is 0 Å². The van der Waals surface area contributed by atoms with E-state index in [1.54, 1.807) is 0 Å². The molecule has 0 spiro atoms. The highest BCUT2D eigenvalue weighted by Crippen LogP contribution is 2.18. The molecule has 0 aliphatic carbocycles. The van der Waals surface area contributed by atoms with Gasteiger partial charge in [0.05, 0.1) is 12.6 Å². The van der Waals surface area contributed by atoms with Crippen molar-refractivity contribution in [3.05, 3.63) is 32.9 Å². The van der Waals surface area contributed by atoms with Crippen LogP contribution in [0.3, 0.4) is 0 Å². The van der Waals surface area contributed by atoms with E-state index in [-0.39, 0.29) is 12.6 Å². The maximum atomic E-state index is 8.88. The number of halogens is 1. The summed E-state index contributed by atoms with van der Waals surface area (Å²) >= 11 is 2.23. The van der Waals surface area contributed by atoms with Crippen molar-refractivity contribution >= 4 is 22.6 Å². The smallest absolute Gasteiger partial charge is 0.0624 e. The molecule has 3 N–H and O–H groups in total. The summed E-state index contributed by atoms with van der Waals surface area (Å²) in [6, 6.07) is 5.81. The largest absolute Gasteiger partial charge is 0.394 e. The Hall–Kier alpha value is -0.130. The highest BCUT2D eigenvalue weighted by molar-refractivity contribution is 14.1. The van der Waals surface area contributed by atoms with Crippen LogP contribution in [0.15, 0.2) is 18.2 Å². The van der Waals surface area contributed by atoms with Crippen molar-refractivity contribution in [1.29, 1.82) is 0 Å². The molecular formula is C9H12INO. The number of aryl methyl sites for hydroxylation is 1. The molecule has 0 bridgehead atoms. The molecule has 0 aliphatic heterocycles. The van der Waals surface area contributed by atoms with Crippen molar-refractivity contribution in [3.8, 4) is 0 Å². The second kappa shape index (κ2) is 4.20. The van der Waals surface area contributed by atoms with Crippen LogP contribution in [-0.4, -0.2) is 11.7 Å². The zero-order chi connectivity index (χ0) is 9.14. The Balaban J connectivity index is 3.04. The predicted octanol–water partition coefficient (Wildman–Crippen LogP) is 1.59. The second-order valence-electron chi connectivity index (χ2n) is 2.79. The molecule has 2 nitrogen and oxygen atoms in total. The van der Waals surface area contributed by atoms with Crippen LogP contribution in [0.25, 0.3) is 0 Å². The van der Waals surface area contributed by atoms with Gasteiger partial charge in [-0.2, -0.15) is 0 Å². The average Bonchev–Trinajstić information content (AvgIpc) is 2.08. The SMILES string of the molecule is Cc1ccc(I)cc1[C@H](N)CO. The topological polar surface area (TPSA) is 46.2 Å². The first-order valence-corrected chi connectivity index (χ1v) is 4.85. The number of aliphatic hydroxyl groups excluding tert-OH is 1. The number of hydrogen-bond acceptors (Lipinski definition) is 2. The second-order valence-corrected chi connectivity index (χ2v) is 4.04. The van der Waals surface area contributed by atoms with Crippen LogP contribution in [0, 0.1) is 10.5 Å². The molecule has 0 saturated carbocycles. The Labute approximate surface area is 85.9 Å². The van der Waals surface area contributed by atoms with Crippen molar-refractivity contribution in [2.75, 3.05) is 6.61 Å². The summed E-state index contributed by atoms with van der Waals surface area (Å²) < 4.78 is 1.15. The Morgan fingerprint density at radius 1 is 1.58 bits per heavy atom. The third-order valence-electron chi connectivity index (χ3n) is 1.84. The summed E-state index contributed by atoms with van der Waals surface area (Å²) in [5, 5.41) is 8.88. The lowest BCUT2D eigenvalue weighted by Crippen LogP contribution is -2.15. The summed E-state index contributed by atoms with van der Waals surface area (Å²) in [6.45, 7) is 2.00. The minimum Gasteiger partial charge on any atom is -0.394 e. The summed E-state index contributed by atoms with van der Waals surface area (Å²) in [6.07, 6.45) is 0. The maximum Gasteiger partial charge on any atom is 0.0624 e. The van der Waals surface area contributed by atoms with Gasteiger partial charge in [-0.1, -0.05) is 6.07 Å². The Morgan fingerprint density at radius 2 is 2.25 bits per heavy atom. The molecule has 1 rings (SSSR count). The first-order chi connectivity index (χ1) is 5.65. The molecule has 0 saturated heterocycles. The van der Waals surface area contributed by atoms with Crippen LogP contribution in [-0.2, 0) is 0 Å². The minimum atomic E-state index is -0.250. The summed E-state index contributed by atoms with van der Waals surface area (Å²) in [5.74, 6) is 0. The highest BCUT2D eigenvalue weighted by atomic mass is 127. The van der Waals surface area contributed by atoms with Crippen molar-refractivity contribution in [1.82, 2.24) is 0 Å². The van der Waals surface area contributed by atoms with Gasteiger partial charge in [0, 0.05) is 3.57 Å². The molecule has 0 heterocycles. The molecule has 0 aromatic heterocycles. The zero-order valence-corrected chi connectivity index (χ0v) is 9.08. The average molecular weight is 277 g/mol. The minimum absolute atomic E-state index is 0.000926. The van der Waals surface area contributed by atoms with Gasteiger partial charge in [-0.05, 0) is 52.8 Å². The monoisotopic (exact) mass is 277 g/mol. The van der Waals surface area contributed by atoms with Gasteiger partial charge in [-0.3, -0.25) is 0 Å². The van der Waals surface area contributed by atoms with E-state index in [9.17, 15) is 0 Å². The third kappa shape index (κ3) is 2.18. The summed E-state index contributed by atoms with van der Waals surface area (Å²) in [7, 11) is 0. The molecule has 0 amide bonds. The molecule has 1 aromatic rings. The number of hydrogen-bond donors (Lipinski definition) is 2. The van der Waals surface area contributed by atoms with E-state index >= 15 is 0 Å². The number of nitrogens with two attached hydrogens (primary N) is 1. The van der Waals surface area contributed by atoms with E-state index in [1.807, 2.05) is 25.1 Å². The molecule has 0 radical (unpaired) electrons. The fourth-order valence-electron chi connectivity index (χ4n) is 1.11. The van der Waals surface area contributed by atoms with Gasteiger partial charge < -0.3 is 10.8 Å². The number of aliphatic hydroxyl groups is 1. The van der Waals surface area contributed by atoms with E-state index < -0.39 is 0 Å². The molecule has 3 heteroatoms. The fraction of sp³-hybridized carbons (Fsp3) is 0.333. The molecule has 0 aliphatic rings. The van der Waals surface area contributed by atoms with Gasteiger partial charge in [0.15, 0.2) is 0 Å². The van der Waals surface area contributed by atoms with E-state index in [0.717, 1.165) is 14.7 Å². The van der Waals surface area contributed by atoms with Gasteiger partial charge in [0.2, 0.25) is 0 Å². The van der Waals surface area contributed by atoms with Crippen LogP contribution < -0.4 is 5.73 Å². The third-order valence-corrected chi connectivity index (χ3v) is 2.51. The molecule has 66 valence electrons. The van der Waals surface area contributed by atoms with E-state index in [1.165, 1.54) is 0 Å². The van der Waals surface area contributed by atoms with Crippen molar-refractivity contribution in [2.45, 2.75) is 13.0 Å². The van der Waals surface area contributed by atoms with E-state index in [0.29, 0.717) is 0 Å². The van der Waals surface area contributed by atoms with Crippen LogP contribution in [0.5, 0.6) is 0 Å². The Morgan fingerprint density at radius 3 is 2.83 bits per heavy atom. The van der Waals surface area contributed by atoms with Gasteiger partial charge in [-0.15, -0.1) is 0 Å². The molecule has 12 heavy (non-hydrogen) atoms. The predicted molar refractivity (Wildman–Crippen MR) is 57.9 cm³/mol. The lowest BCUT2D eigenvalue weighted by atomic mass is 10.0. The Kier molecular flexibility index (Phi) is 3.49. The van der Waals surface area contributed by atoms with Gasteiger partial charge in [0.1, 0.15) is 0 Å². The van der Waals surface area contributed by atoms with Crippen molar-refractivity contribution in [2.24, 2.45) is 5.73 Å². The van der Waals surface area contributed by atoms with Crippen molar-refractivity contribution in [3.63, 3.8) is 0 Å². The van der Waals surface area contributed by atoms with E-state index in [4.69, 9.17) is 10.8 Å². The van der Waals surface area contributed by atoms with Crippen LogP contribution in [0.2, 0.25) is 0 Å². The van der Waals surface area contributed by atoms with E-state index in [2.05, 4.69) is 22.6 Å². The van der Waals surface area contributed by atoms with Gasteiger partial charge in [-0.25, -0.2) is 0 Å². The highest BCUT2D eigenvalue weighted by Gasteiger charge is 2.07. The molecule has 1 atom stereocenters.